The van der Waals surface area contributed by atoms with Crippen LogP contribution in [0.2, 0.25) is 0 Å². The quantitative estimate of drug-likeness (QED) is 0.363. The summed E-state index contributed by atoms with van der Waals surface area (Å²) in [5.74, 6) is -1.19. The van der Waals surface area contributed by atoms with E-state index in [1.54, 1.807) is 6.08 Å². The van der Waals surface area contributed by atoms with Crippen LogP contribution in [0, 0.1) is 17.8 Å². The average molecular weight is 418 g/mol. The van der Waals surface area contributed by atoms with Gasteiger partial charge in [-0.3, -0.25) is 4.79 Å². The lowest BCUT2D eigenvalue weighted by Crippen LogP contribution is -2.30. The average Bonchev–Trinajstić information content (AvgIpc) is 3.12. The molecule has 2 unspecified atom stereocenters. The number of ether oxygens (including phenoxy) is 3. The minimum Gasteiger partial charge on any atom is -0.469 e. The predicted molar refractivity (Wildman–Crippen MR) is 102 cm³/mol. The van der Waals surface area contributed by atoms with Gasteiger partial charge in [-0.15, -0.1) is 0 Å². The molecule has 1 saturated carbocycles. The molecule has 0 spiro atoms. The SMILES string of the molecule is CCCCC(CC=C(OC1CCCCO1)[C@H]1CC[C@@]2(C)OC(=O)C[C@H]12)C(F)(F)F. The van der Waals surface area contributed by atoms with Crippen LogP contribution in [0.25, 0.3) is 0 Å². The van der Waals surface area contributed by atoms with Gasteiger partial charge >= 0.3 is 12.1 Å². The van der Waals surface area contributed by atoms with Crippen LogP contribution < -0.4 is 0 Å². The molecule has 0 aromatic carbocycles. The molecule has 1 aliphatic carbocycles. The number of hydrogen-bond acceptors (Lipinski definition) is 4. The van der Waals surface area contributed by atoms with Crippen molar-refractivity contribution in [1.29, 1.82) is 0 Å². The zero-order valence-electron chi connectivity index (χ0n) is 17.4. The van der Waals surface area contributed by atoms with Crippen molar-refractivity contribution in [3.05, 3.63) is 11.8 Å². The van der Waals surface area contributed by atoms with Gasteiger partial charge in [-0.25, -0.2) is 0 Å². The van der Waals surface area contributed by atoms with E-state index in [9.17, 15) is 18.0 Å². The van der Waals surface area contributed by atoms with E-state index in [0.717, 1.165) is 32.1 Å². The number of rotatable bonds is 8. The van der Waals surface area contributed by atoms with E-state index in [-0.39, 0.29) is 30.6 Å². The molecule has 0 amide bonds. The van der Waals surface area contributed by atoms with Gasteiger partial charge in [0.05, 0.1) is 24.7 Å². The van der Waals surface area contributed by atoms with Gasteiger partial charge < -0.3 is 14.2 Å². The maximum absolute atomic E-state index is 13.5. The monoisotopic (exact) mass is 418 g/mol. The molecule has 5 atom stereocenters. The molecule has 3 fully saturated rings. The lowest BCUT2D eigenvalue weighted by atomic mass is 9.84. The largest absolute Gasteiger partial charge is 0.469 e. The van der Waals surface area contributed by atoms with E-state index >= 15 is 0 Å². The van der Waals surface area contributed by atoms with Crippen molar-refractivity contribution in [3.63, 3.8) is 0 Å². The van der Waals surface area contributed by atoms with E-state index < -0.39 is 24.0 Å². The molecule has 0 aromatic rings. The van der Waals surface area contributed by atoms with Crippen molar-refractivity contribution in [2.75, 3.05) is 6.61 Å². The second-order valence-corrected chi connectivity index (χ2v) is 8.88. The summed E-state index contributed by atoms with van der Waals surface area (Å²) >= 11 is 0. The fourth-order valence-corrected chi connectivity index (χ4v) is 4.93. The smallest absolute Gasteiger partial charge is 0.392 e. The molecule has 166 valence electrons. The summed E-state index contributed by atoms with van der Waals surface area (Å²) in [5, 5.41) is 0. The Labute approximate surface area is 171 Å². The topological polar surface area (TPSA) is 44.8 Å². The zero-order valence-corrected chi connectivity index (χ0v) is 17.4. The number of carbonyl (C=O) groups excluding carboxylic acids is 1. The number of fused-ring (bicyclic) bond motifs is 1. The highest BCUT2D eigenvalue weighted by molar-refractivity contribution is 5.73. The number of hydrogen-bond donors (Lipinski definition) is 0. The van der Waals surface area contributed by atoms with Gasteiger partial charge in [-0.1, -0.05) is 19.8 Å². The number of alkyl halides is 3. The van der Waals surface area contributed by atoms with Crippen LogP contribution in [0.4, 0.5) is 13.2 Å². The minimum atomic E-state index is -4.23. The summed E-state index contributed by atoms with van der Waals surface area (Å²) in [7, 11) is 0. The molecule has 0 bridgehead atoms. The van der Waals surface area contributed by atoms with Gasteiger partial charge in [0.25, 0.3) is 0 Å². The third-order valence-corrected chi connectivity index (χ3v) is 6.70. The fraction of sp³-hybridized carbons (Fsp3) is 0.864. The number of halogens is 3. The molecule has 3 rings (SSSR count). The summed E-state index contributed by atoms with van der Waals surface area (Å²) in [6.07, 6.45) is 2.73. The van der Waals surface area contributed by atoms with E-state index in [0.29, 0.717) is 31.6 Å². The summed E-state index contributed by atoms with van der Waals surface area (Å²) < 4.78 is 57.9. The van der Waals surface area contributed by atoms with Crippen LogP contribution in [0.1, 0.15) is 78.1 Å². The summed E-state index contributed by atoms with van der Waals surface area (Å²) in [6, 6.07) is 0. The predicted octanol–water partition coefficient (Wildman–Crippen LogP) is 5.90. The molecular weight excluding hydrogens is 385 g/mol. The van der Waals surface area contributed by atoms with Crippen LogP contribution in [-0.2, 0) is 19.0 Å². The third-order valence-electron chi connectivity index (χ3n) is 6.70. The molecule has 3 aliphatic rings. The number of allylic oxidation sites excluding steroid dienone is 2. The fourth-order valence-electron chi connectivity index (χ4n) is 4.93. The van der Waals surface area contributed by atoms with Crippen LogP contribution in [-0.4, -0.2) is 30.6 Å². The Morgan fingerprint density at radius 1 is 1.34 bits per heavy atom. The lowest BCUT2D eigenvalue weighted by molar-refractivity contribution is -0.176. The first-order valence-corrected chi connectivity index (χ1v) is 11.0. The Hall–Kier alpha value is -1.24. The second-order valence-electron chi connectivity index (χ2n) is 8.88. The van der Waals surface area contributed by atoms with Crippen LogP contribution in [0.15, 0.2) is 11.8 Å². The van der Waals surface area contributed by atoms with Crippen LogP contribution in [0.3, 0.4) is 0 Å². The van der Waals surface area contributed by atoms with Crippen molar-refractivity contribution < 1.29 is 32.2 Å². The Kier molecular flexibility index (Phi) is 7.18. The summed E-state index contributed by atoms with van der Waals surface area (Å²) in [5.41, 5.74) is -0.538. The van der Waals surface area contributed by atoms with Crippen molar-refractivity contribution >= 4 is 5.97 Å². The van der Waals surface area contributed by atoms with Crippen molar-refractivity contribution in [2.45, 2.75) is 96.1 Å². The molecule has 7 heteroatoms. The van der Waals surface area contributed by atoms with Gasteiger partial charge in [0.15, 0.2) is 6.29 Å². The molecule has 2 aliphatic heterocycles. The Balaban J connectivity index is 1.78. The van der Waals surface area contributed by atoms with Gasteiger partial charge in [0.1, 0.15) is 5.60 Å². The standard InChI is InChI=1S/C22H33F3O4/c1-3-4-7-15(22(23,24)25)9-10-18(28-20-8-5-6-13-27-20)16-11-12-21(2)17(16)14-19(26)29-21/h10,15-17,20H,3-9,11-14H2,1-2H3/t15?,16-,17+,20?,21+/m0/s1. The van der Waals surface area contributed by atoms with Crippen molar-refractivity contribution in [1.82, 2.24) is 0 Å². The number of unbranched alkanes of at least 4 members (excludes halogenated alkanes) is 1. The first-order valence-electron chi connectivity index (χ1n) is 11.0. The number of carbonyl (C=O) groups is 1. The first-order chi connectivity index (χ1) is 13.7. The molecule has 2 heterocycles. The normalized spacial score (nSPS) is 34.0. The van der Waals surface area contributed by atoms with Crippen molar-refractivity contribution in [3.8, 4) is 0 Å². The van der Waals surface area contributed by atoms with E-state index in [1.807, 2.05) is 13.8 Å². The highest BCUT2D eigenvalue weighted by atomic mass is 19.4. The van der Waals surface area contributed by atoms with Gasteiger partial charge in [0, 0.05) is 18.3 Å². The highest BCUT2D eigenvalue weighted by Gasteiger charge is 2.55. The van der Waals surface area contributed by atoms with Gasteiger partial charge in [0.2, 0.25) is 0 Å². The molecule has 4 nitrogen and oxygen atoms in total. The van der Waals surface area contributed by atoms with E-state index in [4.69, 9.17) is 14.2 Å². The third kappa shape index (κ3) is 5.47. The van der Waals surface area contributed by atoms with Crippen LogP contribution >= 0.6 is 0 Å². The van der Waals surface area contributed by atoms with Gasteiger partial charge in [-0.05, 0) is 51.5 Å². The van der Waals surface area contributed by atoms with Crippen molar-refractivity contribution in [2.24, 2.45) is 17.8 Å². The van der Waals surface area contributed by atoms with Gasteiger partial charge in [-0.2, -0.15) is 13.2 Å². The molecule has 0 N–H and O–H groups in total. The maximum Gasteiger partial charge on any atom is 0.392 e. The molecule has 29 heavy (non-hydrogen) atoms. The number of esters is 1. The Morgan fingerprint density at radius 3 is 2.79 bits per heavy atom. The lowest BCUT2D eigenvalue weighted by Gasteiger charge is -2.30. The summed E-state index contributed by atoms with van der Waals surface area (Å²) in [6.45, 7) is 4.43. The van der Waals surface area contributed by atoms with E-state index in [2.05, 4.69) is 0 Å². The second kappa shape index (κ2) is 9.27. The zero-order chi connectivity index (χ0) is 21.1. The molecule has 0 radical (unpaired) electrons. The first kappa shape index (κ1) is 22.4. The molecule has 2 saturated heterocycles. The Bertz CT molecular complexity index is 597. The molecule has 0 aromatic heterocycles. The van der Waals surface area contributed by atoms with Crippen LogP contribution in [0.5, 0.6) is 0 Å². The Morgan fingerprint density at radius 2 is 2.14 bits per heavy atom. The minimum absolute atomic E-state index is 0.0511. The maximum atomic E-state index is 13.5. The van der Waals surface area contributed by atoms with E-state index in [1.165, 1.54) is 0 Å². The molecular formula is C22H33F3O4. The summed E-state index contributed by atoms with van der Waals surface area (Å²) in [4.78, 5) is 11.9. The highest BCUT2D eigenvalue weighted by Crippen LogP contribution is 2.52.